The number of likely N-dealkylation sites (N-methyl/N-ethyl adjacent to an activating group) is 1. The molecule has 0 saturated heterocycles. The predicted molar refractivity (Wildman–Crippen MR) is 80.8 cm³/mol. The van der Waals surface area contributed by atoms with Crippen LogP contribution in [0.2, 0.25) is 0 Å². The van der Waals surface area contributed by atoms with Gasteiger partial charge in [0, 0.05) is 18.0 Å². The van der Waals surface area contributed by atoms with Crippen molar-refractivity contribution in [3.05, 3.63) is 30.1 Å². The first-order chi connectivity index (χ1) is 10.4. The third-order valence-electron chi connectivity index (χ3n) is 2.95. The van der Waals surface area contributed by atoms with Crippen LogP contribution in [0, 0.1) is 0 Å². The van der Waals surface area contributed by atoms with Gasteiger partial charge in [0.2, 0.25) is 0 Å². The van der Waals surface area contributed by atoms with E-state index in [0.717, 1.165) is 0 Å². The number of ether oxygens (including phenoxy) is 1. The summed E-state index contributed by atoms with van der Waals surface area (Å²) in [6.07, 6.45) is -3.74. The van der Waals surface area contributed by atoms with Crippen LogP contribution in [0.3, 0.4) is 0 Å². The second-order valence-corrected chi connectivity index (χ2v) is 4.84. The average molecular weight is 352 g/mol. The number of nitrogens with zero attached hydrogens (tertiary/aromatic N) is 2. The Balaban J connectivity index is 0.00000264. The van der Waals surface area contributed by atoms with E-state index in [2.05, 4.69) is 20.2 Å². The molecule has 1 N–H and O–H groups in total. The van der Waals surface area contributed by atoms with E-state index in [4.69, 9.17) is 4.52 Å². The molecule has 1 atom stereocenters. The molecule has 0 fully saturated rings. The summed E-state index contributed by atoms with van der Waals surface area (Å²) in [4.78, 5) is 4.24. The van der Waals surface area contributed by atoms with Crippen molar-refractivity contribution in [3.8, 4) is 17.2 Å². The average Bonchev–Trinajstić information content (AvgIpc) is 2.93. The maximum Gasteiger partial charge on any atom is 0.422 e. The third kappa shape index (κ3) is 6.07. The van der Waals surface area contributed by atoms with Gasteiger partial charge in [-0.15, -0.1) is 12.4 Å². The summed E-state index contributed by atoms with van der Waals surface area (Å²) in [5.41, 5.74) is 0.621. The van der Waals surface area contributed by atoms with E-state index < -0.39 is 12.8 Å². The normalized spacial score (nSPS) is 12.6. The molecule has 1 aromatic heterocycles. The quantitative estimate of drug-likeness (QED) is 0.865. The van der Waals surface area contributed by atoms with Crippen LogP contribution < -0.4 is 10.1 Å². The van der Waals surface area contributed by atoms with Gasteiger partial charge in [0.15, 0.2) is 12.4 Å². The van der Waals surface area contributed by atoms with Crippen LogP contribution in [0.1, 0.15) is 12.7 Å². The smallest absolute Gasteiger partial charge is 0.422 e. The highest BCUT2D eigenvalue weighted by Gasteiger charge is 2.28. The Bertz CT molecular complexity index is 602. The summed E-state index contributed by atoms with van der Waals surface area (Å²) in [6.45, 7) is 0.668. The Hall–Kier alpha value is -1.80. The highest BCUT2D eigenvalue weighted by atomic mass is 35.5. The van der Waals surface area contributed by atoms with Crippen LogP contribution in [-0.2, 0) is 6.42 Å². The largest absolute Gasteiger partial charge is 0.484 e. The fourth-order valence-electron chi connectivity index (χ4n) is 1.69. The summed E-state index contributed by atoms with van der Waals surface area (Å²) >= 11 is 0. The summed E-state index contributed by atoms with van der Waals surface area (Å²) in [6, 6.07) is 6.22. The van der Waals surface area contributed by atoms with Crippen molar-refractivity contribution in [1.82, 2.24) is 15.5 Å². The van der Waals surface area contributed by atoms with Gasteiger partial charge >= 0.3 is 6.18 Å². The van der Waals surface area contributed by atoms with Crippen molar-refractivity contribution in [2.45, 2.75) is 25.6 Å². The third-order valence-corrected chi connectivity index (χ3v) is 2.95. The second kappa shape index (κ2) is 8.16. The molecule has 0 saturated carbocycles. The SMILES string of the molecule is CNC(C)Cc1noc(-c2ccc(OCC(F)(F)F)cc2)n1.Cl. The standard InChI is InChI=1S/C14H16F3N3O2.ClH/c1-9(18-2)7-12-19-13(22-20-12)10-3-5-11(6-4-10)21-8-14(15,16)17;/h3-6,9,18H,7-8H2,1-2H3;1H. The Kier molecular flexibility index (Phi) is 6.83. The van der Waals surface area contributed by atoms with Gasteiger partial charge in [-0.2, -0.15) is 18.2 Å². The molecule has 23 heavy (non-hydrogen) atoms. The predicted octanol–water partition coefficient (Wildman–Crippen LogP) is 3.25. The van der Waals surface area contributed by atoms with Gasteiger partial charge in [-0.05, 0) is 38.2 Å². The van der Waals surface area contributed by atoms with Crippen LogP contribution in [-0.4, -0.2) is 36.0 Å². The van der Waals surface area contributed by atoms with Gasteiger partial charge in [0.25, 0.3) is 5.89 Å². The lowest BCUT2D eigenvalue weighted by atomic mass is 10.2. The van der Waals surface area contributed by atoms with Gasteiger partial charge in [0.1, 0.15) is 5.75 Å². The topological polar surface area (TPSA) is 60.2 Å². The van der Waals surface area contributed by atoms with Gasteiger partial charge < -0.3 is 14.6 Å². The first-order valence-corrected chi connectivity index (χ1v) is 6.67. The van der Waals surface area contributed by atoms with Gasteiger partial charge in [-0.1, -0.05) is 5.16 Å². The molecule has 0 radical (unpaired) electrons. The molecule has 1 aromatic carbocycles. The highest BCUT2D eigenvalue weighted by molar-refractivity contribution is 5.85. The zero-order valence-corrected chi connectivity index (χ0v) is 13.4. The molecule has 0 spiro atoms. The highest BCUT2D eigenvalue weighted by Crippen LogP contribution is 2.23. The van der Waals surface area contributed by atoms with Gasteiger partial charge in [0.05, 0.1) is 0 Å². The van der Waals surface area contributed by atoms with Gasteiger partial charge in [-0.3, -0.25) is 0 Å². The molecular formula is C14H17ClF3N3O2. The Morgan fingerprint density at radius 2 is 1.91 bits per heavy atom. The van der Waals surface area contributed by atoms with Crippen molar-refractivity contribution in [1.29, 1.82) is 0 Å². The maximum atomic E-state index is 12.1. The maximum absolute atomic E-state index is 12.1. The lowest BCUT2D eigenvalue weighted by Gasteiger charge is -2.08. The lowest BCUT2D eigenvalue weighted by molar-refractivity contribution is -0.153. The number of aromatic nitrogens is 2. The molecule has 5 nitrogen and oxygen atoms in total. The van der Waals surface area contributed by atoms with E-state index in [0.29, 0.717) is 23.7 Å². The molecule has 128 valence electrons. The molecule has 0 aliphatic carbocycles. The molecule has 0 bridgehead atoms. The Morgan fingerprint density at radius 1 is 1.26 bits per heavy atom. The molecule has 2 aromatic rings. The van der Waals surface area contributed by atoms with Crippen molar-refractivity contribution in [2.24, 2.45) is 0 Å². The van der Waals surface area contributed by atoms with E-state index in [1.54, 1.807) is 12.1 Å². The fraction of sp³-hybridized carbons (Fsp3) is 0.429. The minimum Gasteiger partial charge on any atom is -0.484 e. The van der Waals surface area contributed by atoms with Crippen LogP contribution in [0.25, 0.3) is 11.5 Å². The zero-order valence-electron chi connectivity index (χ0n) is 12.6. The molecule has 0 aliphatic rings. The molecule has 9 heteroatoms. The van der Waals surface area contributed by atoms with E-state index in [9.17, 15) is 13.2 Å². The van der Waals surface area contributed by atoms with Crippen LogP contribution in [0.4, 0.5) is 13.2 Å². The molecule has 0 amide bonds. The summed E-state index contributed by atoms with van der Waals surface area (Å²) in [5, 5.41) is 6.93. The monoisotopic (exact) mass is 351 g/mol. The summed E-state index contributed by atoms with van der Waals surface area (Å²) in [5.74, 6) is 1.01. The summed E-state index contributed by atoms with van der Waals surface area (Å²) in [7, 11) is 1.84. The van der Waals surface area contributed by atoms with Crippen molar-refractivity contribution in [3.63, 3.8) is 0 Å². The van der Waals surface area contributed by atoms with E-state index >= 15 is 0 Å². The Labute approximate surface area is 137 Å². The minimum absolute atomic E-state index is 0. The first kappa shape index (κ1) is 19.2. The molecular weight excluding hydrogens is 335 g/mol. The first-order valence-electron chi connectivity index (χ1n) is 6.67. The number of benzene rings is 1. The molecule has 1 unspecified atom stereocenters. The van der Waals surface area contributed by atoms with E-state index in [1.165, 1.54) is 12.1 Å². The number of hydrogen-bond acceptors (Lipinski definition) is 5. The second-order valence-electron chi connectivity index (χ2n) is 4.84. The van der Waals surface area contributed by atoms with Crippen molar-refractivity contribution in [2.75, 3.05) is 13.7 Å². The molecule has 1 heterocycles. The number of alkyl halides is 3. The van der Waals surface area contributed by atoms with Crippen LogP contribution >= 0.6 is 12.4 Å². The molecule has 0 aliphatic heterocycles. The summed E-state index contributed by atoms with van der Waals surface area (Å²) < 4.78 is 45.9. The van der Waals surface area contributed by atoms with E-state index in [1.807, 2.05) is 14.0 Å². The number of rotatable bonds is 6. The number of halogens is 4. The van der Waals surface area contributed by atoms with E-state index in [-0.39, 0.29) is 24.2 Å². The fourth-order valence-corrected chi connectivity index (χ4v) is 1.69. The van der Waals surface area contributed by atoms with Crippen molar-refractivity contribution < 1.29 is 22.4 Å². The number of hydrogen-bond donors (Lipinski definition) is 1. The molecule has 2 rings (SSSR count). The minimum atomic E-state index is -4.36. The lowest BCUT2D eigenvalue weighted by Crippen LogP contribution is -2.24. The number of nitrogens with one attached hydrogen (secondary N) is 1. The van der Waals surface area contributed by atoms with Gasteiger partial charge in [-0.25, -0.2) is 0 Å². The van der Waals surface area contributed by atoms with Crippen LogP contribution in [0.5, 0.6) is 5.75 Å². The van der Waals surface area contributed by atoms with Crippen molar-refractivity contribution >= 4 is 12.4 Å². The van der Waals surface area contributed by atoms with Crippen LogP contribution in [0.15, 0.2) is 28.8 Å². The Morgan fingerprint density at radius 3 is 2.48 bits per heavy atom. The zero-order chi connectivity index (χ0) is 16.2.